The van der Waals surface area contributed by atoms with Crippen molar-refractivity contribution in [2.24, 2.45) is 7.05 Å². The molecule has 2 heterocycles. The number of nitrogens with one attached hydrogen (secondary N) is 2. The van der Waals surface area contributed by atoms with Crippen LogP contribution in [-0.4, -0.2) is 20.4 Å². The van der Waals surface area contributed by atoms with E-state index in [1.54, 1.807) is 49.1 Å². The van der Waals surface area contributed by atoms with E-state index >= 15 is 0 Å². The molecule has 0 fully saturated rings. The maximum atomic E-state index is 13.2. The molecule has 1 unspecified atom stereocenters. The molecule has 0 aliphatic heterocycles. The van der Waals surface area contributed by atoms with Gasteiger partial charge in [0.25, 0.3) is 11.5 Å². The van der Waals surface area contributed by atoms with Crippen molar-refractivity contribution >= 4 is 5.91 Å². The average molecular weight is 340 g/mol. The summed E-state index contributed by atoms with van der Waals surface area (Å²) in [7, 11) is 1.80. The Morgan fingerprint density at radius 3 is 2.56 bits per heavy atom. The molecule has 128 valence electrons. The van der Waals surface area contributed by atoms with Gasteiger partial charge in [-0.1, -0.05) is 12.1 Å². The predicted octanol–water partition coefficient (Wildman–Crippen LogP) is 2.08. The van der Waals surface area contributed by atoms with Gasteiger partial charge in [0, 0.05) is 25.1 Å². The molecule has 0 spiro atoms. The molecule has 0 saturated heterocycles. The number of carbonyl (C=O) groups is 1. The van der Waals surface area contributed by atoms with E-state index in [4.69, 9.17) is 0 Å². The fourth-order valence-electron chi connectivity index (χ4n) is 2.57. The lowest BCUT2D eigenvalue weighted by Crippen LogP contribution is -2.34. The normalized spacial score (nSPS) is 12.0. The number of amides is 1. The summed E-state index contributed by atoms with van der Waals surface area (Å²) < 4.78 is 15.0. The van der Waals surface area contributed by atoms with Crippen LogP contribution in [0.3, 0.4) is 0 Å². The third-order valence-electron chi connectivity index (χ3n) is 3.90. The fraction of sp³-hybridized carbons (Fsp3) is 0.167. The number of rotatable bonds is 4. The average Bonchev–Trinajstić information content (AvgIpc) is 2.99. The van der Waals surface area contributed by atoms with Crippen molar-refractivity contribution in [2.75, 3.05) is 0 Å². The minimum Gasteiger partial charge on any atom is -0.338 e. The van der Waals surface area contributed by atoms with Crippen molar-refractivity contribution in [1.29, 1.82) is 0 Å². The van der Waals surface area contributed by atoms with Crippen LogP contribution in [0.15, 0.2) is 53.6 Å². The van der Waals surface area contributed by atoms with Crippen LogP contribution < -0.4 is 10.9 Å². The lowest BCUT2D eigenvalue weighted by Gasteiger charge is -2.19. The van der Waals surface area contributed by atoms with Crippen molar-refractivity contribution in [3.63, 3.8) is 0 Å². The molecule has 25 heavy (non-hydrogen) atoms. The van der Waals surface area contributed by atoms with Crippen LogP contribution in [0.2, 0.25) is 0 Å². The maximum absolute atomic E-state index is 13.2. The van der Waals surface area contributed by atoms with Crippen molar-refractivity contribution in [3.05, 3.63) is 87.6 Å². The first kappa shape index (κ1) is 16.6. The van der Waals surface area contributed by atoms with E-state index in [0.29, 0.717) is 17.1 Å². The predicted molar refractivity (Wildman–Crippen MR) is 90.7 cm³/mol. The van der Waals surface area contributed by atoms with Crippen molar-refractivity contribution in [1.82, 2.24) is 19.9 Å². The molecule has 0 radical (unpaired) electrons. The Morgan fingerprint density at radius 1 is 1.24 bits per heavy atom. The Balaban J connectivity index is 1.98. The second-order valence-corrected chi connectivity index (χ2v) is 5.74. The zero-order chi connectivity index (χ0) is 18.0. The molecule has 2 aromatic heterocycles. The summed E-state index contributed by atoms with van der Waals surface area (Å²) >= 11 is 0. The quantitative estimate of drug-likeness (QED) is 0.763. The third-order valence-corrected chi connectivity index (χ3v) is 3.90. The van der Waals surface area contributed by atoms with Crippen LogP contribution in [0, 0.1) is 12.7 Å². The van der Waals surface area contributed by atoms with E-state index in [0.717, 1.165) is 0 Å². The number of halogens is 1. The number of imidazole rings is 1. The van der Waals surface area contributed by atoms with E-state index in [1.807, 2.05) is 0 Å². The summed E-state index contributed by atoms with van der Waals surface area (Å²) in [5.41, 5.74) is 0.871. The summed E-state index contributed by atoms with van der Waals surface area (Å²) in [4.78, 5) is 31.5. The molecule has 3 rings (SSSR count). The van der Waals surface area contributed by atoms with Crippen molar-refractivity contribution in [3.8, 4) is 0 Å². The Labute approximate surface area is 143 Å². The highest BCUT2D eigenvalue weighted by atomic mass is 19.1. The highest BCUT2D eigenvalue weighted by molar-refractivity contribution is 5.94. The van der Waals surface area contributed by atoms with Gasteiger partial charge in [-0.15, -0.1) is 0 Å². The van der Waals surface area contributed by atoms with Gasteiger partial charge in [-0.3, -0.25) is 9.59 Å². The first-order valence-electron chi connectivity index (χ1n) is 7.69. The number of aromatic nitrogens is 3. The van der Waals surface area contributed by atoms with Gasteiger partial charge in [-0.2, -0.15) is 0 Å². The zero-order valence-electron chi connectivity index (χ0n) is 13.8. The molecule has 7 heteroatoms. The monoisotopic (exact) mass is 340 g/mol. The van der Waals surface area contributed by atoms with Gasteiger partial charge in [-0.25, -0.2) is 9.37 Å². The highest BCUT2D eigenvalue weighted by Crippen LogP contribution is 2.21. The zero-order valence-corrected chi connectivity index (χ0v) is 13.8. The Hall–Kier alpha value is -3.22. The van der Waals surface area contributed by atoms with E-state index in [1.165, 1.54) is 18.2 Å². The molecular weight excluding hydrogens is 323 g/mol. The van der Waals surface area contributed by atoms with Gasteiger partial charge in [0.1, 0.15) is 23.2 Å². The molecule has 0 aliphatic rings. The number of benzene rings is 1. The van der Waals surface area contributed by atoms with Gasteiger partial charge in [-0.05, 0) is 36.8 Å². The van der Waals surface area contributed by atoms with Gasteiger partial charge in [0.15, 0.2) is 0 Å². The molecule has 2 N–H and O–H groups in total. The smallest absolute Gasteiger partial charge is 0.260 e. The fourth-order valence-corrected chi connectivity index (χ4v) is 2.57. The van der Waals surface area contributed by atoms with E-state index in [9.17, 15) is 14.0 Å². The number of hydrogen-bond donors (Lipinski definition) is 2. The lowest BCUT2D eigenvalue weighted by molar-refractivity contribution is 0.0939. The first-order chi connectivity index (χ1) is 12.0. The number of nitrogens with zero attached hydrogens (tertiary/aromatic N) is 2. The standard InChI is InChI=1S/C18H17FN4O2/c1-11-3-8-14(17(24)21-11)18(25)22-15(16-20-9-10-23(16)2)12-4-6-13(19)7-5-12/h3-10,15H,1-2H3,(H,21,24)(H,22,25). The number of hydrogen-bond acceptors (Lipinski definition) is 3. The second-order valence-electron chi connectivity index (χ2n) is 5.74. The van der Waals surface area contributed by atoms with E-state index in [-0.39, 0.29) is 11.4 Å². The first-order valence-corrected chi connectivity index (χ1v) is 7.69. The molecule has 0 aliphatic carbocycles. The van der Waals surface area contributed by atoms with Crippen LogP contribution in [0.1, 0.15) is 33.5 Å². The molecule has 1 atom stereocenters. The maximum Gasteiger partial charge on any atom is 0.260 e. The Bertz CT molecular complexity index is 960. The molecule has 0 bridgehead atoms. The topological polar surface area (TPSA) is 79.8 Å². The van der Waals surface area contributed by atoms with Crippen molar-refractivity contribution < 1.29 is 9.18 Å². The van der Waals surface area contributed by atoms with Gasteiger partial charge >= 0.3 is 0 Å². The molecule has 6 nitrogen and oxygen atoms in total. The van der Waals surface area contributed by atoms with Crippen molar-refractivity contribution in [2.45, 2.75) is 13.0 Å². The largest absolute Gasteiger partial charge is 0.338 e. The minimum absolute atomic E-state index is 0.00641. The number of pyridine rings is 1. The minimum atomic E-state index is -0.617. The van der Waals surface area contributed by atoms with Crippen LogP contribution in [0.5, 0.6) is 0 Å². The van der Waals surface area contributed by atoms with Crippen LogP contribution in [-0.2, 0) is 7.05 Å². The third kappa shape index (κ3) is 3.50. The molecule has 3 aromatic rings. The molecule has 0 saturated carbocycles. The number of H-pyrrole nitrogens is 1. The summed E-state index contributed by atoms with van der Waals surface area (Å²) in [6, 6.07) is 8.30. The van der Waals surface area contributed by atoms with E-state index in [2.05, 4.69) is 15.3 Å². The van der Waals surface area contributed by atoms with Crippen LogP contribution >= 0.6 is 0 Å². The number of aryl methyl sites for hydroxylation is 2. The summed E-state index contributed by atoms with van der Waals surface area (Å²) in [6.07, 6.45) is 3.35. The summed E-state index contributed by atoms with van der Waals surface area (Å²) in [6.45, 7) is 1.73. The van der Waals surface area contributed by atoms with Gasteiger partial charge in [0.05, 0.1) is 0 Å². The SMILES string of the molecule is Cc1ccc(C(=O)NC(c2ccc(F)cc2)c2nccn2C)c(=O)[nH]1. The summed E-state index contributed by atoms with van der Waals surface area (Å²) in [5.74, 6) is -0.328. The molecular formula is C18H17FN4O2. The number of carbonyl (C=O) groups excluding carboxylic acids is 1. The second kappa shape index (κ2) is 6.72. The lowest BCUT2D eigenvalue weighted by atomic mass is 10.1. The van der Waals surface area contributed by atoms with Gasteiger partial charge < -0.3 is 14.9 Å². The van der Waals surface area contributed by atoms with Crippen LogP contribution in [0.4, 0.5) is 4.39 Å². The summed E-state index contributed by atoms with van der Waals surface area (Å²) in [5, 5.41) is 2.81. The highest BCUT2D eigenvalue weighted by Gasteiger charge is 2.22. The molecule has 1 amide bonds. The number of aromatic amines is 1. The van der Waals surface area contributed by atoms with E-state index < -0.39 is 17.5 Å². The molecule has 1 aromatic carbocycles. The Kier molecular flexibility index (Phi) is 4.47. The van der Waals surface area contributed by atoms with Crippen LogP contribution in [0.25, 0.3) is 0 Å². The van der Waals surface area contributed by atoms with Gasteiger partial charge in [0.2, 0.25) is 0 Å². The Morgan fingerprint density at radius 2 is 1.96 bits per heavy atom.